The maximum Gasteiger partial charge on any atom is 0.417 e. The highest BCUT2D eigenvalue weighted by atomic mass is 19.4. The Morgan fingerprint density at radius 3 is 2.61 bits per heavy atom. The maximum atomic E-state index is 12.8. The molecule has 0 atom stereocenters. The number of para-hydroxylation sites is 1. The van der Waals surface area contributed by atoms with Gasteiger partial charge in [0.1, 0.15) is 23.7 Å². The number of carbonyl (C=O) groups excluding carboxylic acids is 1. The number of hydrogen-bond acceptors (Lipinski definition) is 4. The molecule has 2 aliphatic rings. The molecular formula is C19H20F3N3O3. The molecule has 0 radical (unpaired) electrons. The van der Waals surface area contributed by atoms with Gasteiger partial charge in [-0.25, -0.2) is 0 Å². The molecule has 1 aliphatic heterocycles. The zero-order valence-electron chi connectivity index (χ0n) is 15.0. The van der Waals surface area contributed by atoms with Crippen molar-refractivity contribution in [2.45, 2.75) is 37.8 Å². The molecule has 1 aliphatic carbocycles. The summed E-state index contributed by atoms with van der Waals surface area (Å²) < 4.78 is 45.5. The first-order valence-corrected chi connectivity index (χ1v) is 9.08. The van der Waals surface area contributed by atoms with Crippen molar-refractivity contribution >= 4 is 5.91 Å². The molecule has 0 saturated heterocycles. The molecule has 1 aromatic heterocycles. The highest BCUT2D eigenvalue weighted by Crippen LogP contribution is 2.48. The molecule has 1 saturated carbocycles. The molecule has 2 aromatic rings. The van der Waals surface area contributed by atoms with Crippen molar-refractivity contribution in [2.24, 2.45) is 5.92 Å². The number of aromatic nitrogens is 2. The molecule has 9 heteroatoms. The summed E-state index contributed by atoms with van der Waals surface area (Å²) in [7, 11) is 0. The van der Waals surface area contributed by atoms with Crippen LogP contribution in [0, 0.1) is 5.92 Å². The van der Waals surface area contributed by atoms with Gasteiger partial charge >= 0.3 is 6.18 Å². The van der Waals surface area contributed by atoms with E-state index >= 15 is 0 Å². The summed E-state index contributed by atoms with van der Waals surface area (Å²) in [4.78, 5) is 14.2. The van der Waals surface area contributed by atoms with Crippen LogP contribution < -0.4 is 4.74 Å². The van der Waals surface area contributed by atoms with Crippen molar-refractivity contribution in [3.05, 3.63) is 47.8 Å². The standard InChI is InChI=1S/C19H20F3N3O3/c20-19(21,22)18(27)9-13(10-18)11-24-6-7-25-16(17(24)26)8-14(23-25)12-28-15-4-2-1-3-5-15/h1-5,8,13,27H,6-7,9-12H2. The fourth-order valence-electron chi connectivity index (χ4n) is 3.78. The van der Waals surface area contributed by atoms with Gasteiger partial charge in [0.15, 0.2) is 5.60 Å². The molecule has 1 aromatic carbocycles. The Hall–Kier alpha value is -2.55. The Labute approximate surface area is 159 Å². The Morgan fingerprint density at radius 2 is 1.93 bits per heavy atom. The number of carbonyl (C=O) groups is 1. The second kappa shape index (κ2) is 6.80. The SMILES string of the molecule is O=C1c2cc(COc3ccccc3)nn2CCN1CC1CC(O)(C(F)(F)F)C1. The summed E-state index contributed by atoms with van der Waals surface area (Å²) in [5.74, 6) is 0.0849. The number of fused-ring (bicyclic) bond motifs is 1. The summed E-state index contributed by atoms with van der Waals surface area (Å²) in [6, 6.07) is 10.9. The van der Waals surface area contributed by atoms with Crippen LogP contribution in [-0.4, -0.2) is 50.6 Å². The van der Waals surface area contributed by atoms with Crippen LogP contribution in [0.4, 0.5) is 13.2 Å². The van der Waals surface area contributed by atoms with E-state index in [1.807, 2.05) is 30.3 Å². The van der Waals surface area contributed by atoms with Crippen LogP contribution >= 0.6 is 0 Å². The molecule has 4 rings (SSSR count). The zero-order chi connectivity index (χ0) is 19.9. The summed E-state index contributed by atoms with van der Waals surface area (Å²) >= 11 is 0. The average Bonchev–Trinajstić information content (AvgIpc) is 3.05. The van der Waals surface area contributed by atoms with Gasteiger partial charge in [-0.15, -0.1) is 0 Å². The second-order valence-corrected chi connectivity index (χ2v) is 7.40. The monoisotopic (exact) mass is 395 g/mol. The molecule has 1 fully saturated rings. The fourth-order valence-corrected chi connectivity index (χ4v) is 3.78. The number of halogens is 3. The third-order valence-electron chi connectivity index (χ3n) is 5.31. The molecular weight excluding hydrogens is 375 g/mol. The van der Waals surface area contributed by atoms with Crippen molar-refractivity contribution in [2.75, 3.05) is 13.1 Å². The smallest absolute Gasteiger partial charge is 0.417 e. The van der Waals surface area contributed by atoms with Crippen LogP contribution in [0.5, 0.6) is 5.75 Å². The van der Waals surface area contributed by atoms with Gasteiger partial charge in [0, 0.05) is 13.1 Å². The normalized spacial score (nSPS) is 24.6. The number of amides is 1. The van der Waals surface area contributed by atoms with E-state index in [0.29, 0.717) is 30.2 Å². The lowest BCUT2D eigenvalue weighted by Gasteiger charge is -2.46. The van der Waals surface area contributed by atoms with Crippen molar-refractivity contribution in [1.82, 2.24) is 14.7 Å². The summed E-state index contributed by atoms with van der Waals surface area (Å²) in [5, 5.41) is 13.9. The van der Waals surface area contributed by atoms with E-state index in [0.717, 1.165) is 0 Å². The molecule has 28 heavy (non-hydrogen) atoms. The number of rotatable bonds is 5. The highest BCUT2D eigenvalue weighted by molar-refractivity contribution is 5.93. The van der Waals surface area contributed by atoms with E-state index in [2.05, 4.69) is 5.10 Å². The lowest BCUT2D eigenvalue weighted by molar-refractivity contribution is -0.299. The first kappa shape index (κ1) is 18.8. The van der Waals surface area contributed by atoms with Gasteiger partial charge in [0.05, 0.1) is 6.54 Å². The first-order chi connectivity index (χ1) is 13.2. The zero-order valence-corrected chi connectivity index (χ0v) is 15.0. The van der Waals surface area contributed by atoms with E-state index in [1.165, 1.54) is 0 Å². The van der Waals surface area contributed by atoms with Crippen LogP contribution in [0.2, 0.25) is 0 Å². The van der Waals surface area contributed by atoms with Crippen molar-refractivity contribution in [3.63, 3.8) is 0 Å². The number of hydrogen-bond donors (Lipinski definition) is 1. The summed E-state index contributed by atoms with van der Waals surface area (Å²) in [6.45, 7) is 1.28. The highest BCUT2D eigenvalue weighted by Gasteiger charge is 2.61. The topological polar surface area (TPSA) is 67.6 Å². The van der Waals surface area contributed by atoms with E-state index in [4.69, 9.17) is 4.74 Å². The number of aliphatic hydroxyl groups is 1. The molecule has 0 unspecified atom stereocenters. The molecule has 150 valence electrons. The van der Waals surface area contributed by atoms with Crippen LogP contribution in [-0.2, 0) is 13.2 Å². The molecule has 0 bridgehead atoms. The Morgan fingerprint density at radius 1 is 1.21 bits per heavy atom. The van der Waals surface area contributed by atoms with Crippen LogP contribution in [0.15, 0.2) is 36.4 Å². The van der Waals surface area contributed by atoms with Crippen molar-refractivity contribution in [3.8, 4) is 5.75 Å². The first-order valence-electron chi connectivity index (χ1n) is 9.08. The Bertz CT molecular complexity index is 860. The van der Waals surface area contributed by atoms with Gasteiger partial charge in [0.2, 0.25) is 0 Å². The predicted octanol–water partition coefficient (Wildman–Crippen LogP) is 2.62. The van der Waals surface area contributed by atoms with E-state index in [9.17, 15) is 23.1 Å². The number of alkyl halides is 3. The average molecular weight is 395 g/mol. The molecule has 6 nitrogen and oxygen atoms in total. The predicted molar refractivity (Wildman–Crippen MR) is 92.6 cm³/mol. The lowest BCUT2D eigenvalue weighted by atomic mass is 9.70. The van der Waals surface area contributed by atoms with Gasteiger partial charge in [-0.3, -0.25) is 9.48 Å². The fraction of sp³-hybridized carbons (Fsp3) is 0.474. The minimum absolute atomic E-state index is 0.207. The van der Waals surface area contributed by atoms with E-state index in [1.54, 1.807) is 15.6 Å². The molecule has 1 amide bonds. The lowest BCUT2D eigenvalue weighted by Crippen LogP contribution is -2.58. The molecule has 0 spiro atoms. The molecule has 2 heterocycles. The van der Waals surface area contributed by atoms with Crippen LogP contribution in [0.3, 0.4) is 0 Å². The summed E-state index contributed by atoms with van der Waals surface area (Å²) in [6.07, 6.45) is -5.35. The van der Waals surface area contributed by atoms with Crippen molar-refractivity contribution < 1.29 is 27.8 Å². The number of ether oxygens (including phenoxy) is 1. The third-order valence-corrected chi connectivity index (χ3v) is 5.31. The maximum absolute atomic E-state index is 12.8. The second-order valence-electron chi connectivity index (χ2n) is 7.40. The van der Waals surface area contributed by atoms with Gasteiger partial charge in [-0.2, -0.15) is 18.3 Å². The van der Waals surface area contributed by atoms with Gasteiger partial charge in [-0.1, -0.05) is 18.2 Å². The Kier molecular flexibility index (Phi) is 4.57. The van der Waals surface area contributed by atoms with Gasteiger partial charge in [0.25, 0.3) is 5.91 Å². The van der Waals surface area contributed by atoms with Gasteiger partial charge < -0.3 is 14.7 Å². The minimum atomic E-state index is -4.62. The van der Waals surface area contributed by atoms with Crippen molar-refractivity contribution in [1.29, 1.82) is 0 Å². The minimum Gasteiger partial charge on any atom is -0.487 e. The number of nitrogens with zero attached hydrogens (tertiary/aromatic N) is 3. The van der Waals surface area contributed by atoms with Gasteiger partial charge in [-0.05, 0) is 37.0 Å². The molecule has 1 N–H and O–H groups in total. The Balaban J connectivity index is 1.36. The van der Waals surface area contributed by atoms with E-state index < -0.39 is 11.8 Å². The third kappa shape index (κ3) is 3.46. The van der Waals surface area contributed by atoms with E-state index in [-0.39, 0.29) is 37.8 Å². The largest absolute Gasteiger partial charge is 0.487 e. The quantitative estimate of drug-likeness (QED) is 0.845. The summed E-state index contributed by atoms with van der Waals surface area (Å²) in [5.41, 5.74) is -1.59. The van der Waals surface area contributed by atoms with Crippen LogP contribution in [0.25, 0.3) is 0 Å². The van der Waals surface area contributed by atoms with Crippen LogP contribution in [0.1, 0.15) is 29.0 Å². The number of benzene rings is 1.